The van der Waals surface area contributed by atoms with Crippen molar-refractivity contribution in [2.45, 2.75) is 31.7 Å². The summed E-state index contributed by atoms with van der Waals surface area (Å²) in [6, 6.07) is 16.8. The smallest absolute Gasteiger partial charge is 0.226 e. The topological polar surface area (TPSA) is 54.3 Å². The van der Waals surface area contributed by atoms with Crippen LogP contribution in [-0.4, -0.2) is 56.7 Å². The zero-order chi connectivity index (χ0) is 22.8. The molecule has 1 unspecified atom stereocenters. The molecule has 33 heavy (non-hydrogen) atoms. The van der Waals surface area contributed by atoms with Gasteiger partial charge in [0.05, 0.1) is 6.42 Å². The summed E-state index contributed by atoms with van der Waals surface area (Å²) in [7, 11) is 2.02. The van der Waals surface area contributed by atoms with Crippen LogP contribution >= 0.6 is 0 Å². The molecule has 2 saturated heterocycles. The molecule has 2 aromatic carbocycles. The highest BCUT2D eigenvalue weighted by Crippen LogP contribution is 2.49. The summed E-state index contributed by atoms with van der Waals surface area (Å²) in [6.45, 7) is 4.36. The SMILES string of the molecule is Cn1cnnc1C1CN(Cc2ccccc2)CC12CCN(C(=O)Cc1ccc(F)cc1)CC2. The van der Waals surface area contributed by atoms with E-state index in [-0.39, 0.29) is 17.1 Å². The van der Waals surface area contributed by atoms with Crippen molar-refractivity contribution in [2.75, 3.05) is 26.2 Å². The summed E-state index contributed by atoms with van der Waals surface area (Å²) < 4.78 is 15.2. The number of hydrogen-bond donors (Lipinski definition) is 0. The van der Waals surface area contributed by atoms with E-state index in [1.54, 1.807) is 18.5 Å². The maximum absolute atomic E-state index is 13.2. The lowest BCUT2D eigenvalue weighted by molar-refractivity contribution is -0.132. The first-order chi connectivity index (χ1) is 16.0. The predicted octanol–water partition coefficient (Wildman–Crippen LogP) is 3.41. The number of carbonyl (C=O) groups excluding carboxylic acids is 1. The number of amides is 1. The van der Waals surface area contributed by atoms with Gasteiger partial charge in [0.15, 0.2) is 0 Å². The van der Waals surface area contributed by atoms with Crippen molar-refractivity contribution in [1.29, 1.82) is 0 Å². The third-order valence-corrected chi connectivity index (χ3v) is 7.41. The van der Waals surface area contributed by atoms with Gasteiger partial charge in [0, 0.05) is 45.7 Å². The van der Waals surface area contributed by atoms with Crippen molar-refractivity contribution in [2.24, 2.45) is 12.5 Å². The third-order valence-electron chi connectivity index (χ3n) is 7.41. The molecule has 2 fully saturated rings. The first kappa shape index (κ1) is 21.8. The molecule has 0 bridgehead atoms. The maximum atomic E-state index is 13.2. The average Bonchev–Trinajstić information content (AvgIpc) is 3.39. The van der Waals surface area contributed by atoms with E-state index in [0.29, 0.717) is 12.3 Å². The van der Waals surface area contributed by atoms with Gasteiger partial charge in [-0.15, -0.1) is 10.2 Å². The summed E-state index contributed by atoms with van der Waals surface area (Å²) >= 11 is 0. The highest BCUT2D eigenvalue weighted by atomic mass is 19.1. The molecule has 3 aromatic rings. The first-order valence-electron chi connectivity index (χ1n) is 11.6. The van der Waals surface area contributed by atoms with Crippen LogP contribution in [-0.2, 0) is 24.8 Å². The van der Waals surface area contributed by atoms with Gasteiger partial charge >= 0.3 is 0 Å². The van der Waals surface area contributed by atoms with Crippen molar-refractivity contribution in [3.8, 4) is 0 Å². The Kier molecular flexibility index (Phi) is 5.98. The number of carbonyl (C=O) groups is 1. The molecule has 1 atom stereocenters. The summed E-state index contributed by atoms with van der Waals surface area (Å²) in [5, 5.41) is 8.63. The zero-order valence-electron chi connectivity index (χ0n) is 19.0. The second-order valence-electron chi connectivity index (χ2n) is 9.55. The molecule has 0 N–H and O–H groups in total. The van der Waals surface area contributed by atoms with E-state index in [0.717, 1.165) is 57.0 Å². The zero-order valence-corrected chi connectivity index (χ0v) is 19.0. The molecule has 0 saturated carbocycles. The van der Waals surface area contributed by atoms with Gasteiger partial charge in [-0.1, -0.05) is 42.5 Å². The summed E-state index contributed by atoms with van der Waals surface area (Å²) in [5.41, 5.74) is 2.26. The van der Waals surface area contributed by atoms with Crippen LogP contribution in [0.3, 0.4) is 0 Å². The standard InChI is InChI=1S/C26H30FN5O/c1-30-19-28-29-25(30)23-17-31(16-21-5-3-2-4-6-21)18-26(23)11-13-32(14-12-26)24(33)15-20-7-9-22(27)10-8-20/h2-10,19,23H,11-18H2,1H3. The number of aryl methyl sites for hydroxylation is 1. The van der Waals surface area contributed by atoms with Crippen LogP contribution in [0.2, 0.25) is 0 Å². The minimum atomic E-state index is -0.276. The Morgan fingerprint density at radius 3 is 2.45 bits per heavy atom. The molecule has 2 aliphatic heterocycles. The van der Waals surface area contributed by atoms with Crippen molar-refractivity contribution in [1.82, 2.24) is 24.6 Å². The number of nitrogens with zero attached hydrogens (tertiary/aromatic N) is 5. The lowest BCUT2D eigenvalue weighted by atomic mass is 9.70. The van der Waals surface area contributed by atoms with Gasteiger partial charge in [0.25, 0.3) is 0 Å². The van der Waals surface area contributed by atoms with Crippen LogP contribution in [0, 0.1) is 11.2 Å². The number of rotatable bonds is 5. The fourth-order valence-electron chi connectivity index (χ4n) is 5.59. The molecule has 1 aromatic heterocycles. The monoisotopic (exact) mass is 447 g/mol. The van der Waals surface area contributed by atoms with Crippen LogP contribution in [0.5, 0.6) is 0 Å². The molecule has 6 nitrogen and oxygen atoms in total. The Morgan fingerprint density at radius 2 is 1.79 bits per heavy atom. The summed E-state index contributed by atoms with van der Waals surface area (Å²) in [4.78, 5) is 17.4. The Balaban J connectivity index is 1.30. The fourth-order valence-corrected chi connectivity index (χ4v) is 5.59. The number of likely N-dealkylation sites (tertiary alicyclic amines) is 2. The first-order valence-corrected chi connectivity index (χ1v) is 11.6. The Bertz CT molecular complexity index is 1090. The molecule has 172 valence electrons. The van der Waals surface area contributed by atoms with Crippen molar-refractivity contribution in [3.63, 3.8) is 0 Å². The maximum Gasteiger partial charge on any atom is 0.226 e. The van der Waals surface area contributed by atoms with Crippen LogP contribution < -0.4 is 0 Å². The number of benzene rings is 2. The van der Waals surface area contributed by atoms with Crippen LogP contribution in [0.25, 0.3) is 0 Å². The van der Waals surface area contributed by atoms with Crippen LogP contribution in [0.4, 0.5) is 4.39 Å². The minimum absolute atomic E-state index is 0.0855. The second-order valence-corrected chi connectivity index (χ2v) is 9.55. The molecule has 1 amide bonds. The molecule has 1 spiro atoms. The number of halogens is 1. The Labute approximate surface area is 194 Å². The highest BCUT2D eigenvalue weighted by Gasteiger charge is 2.50. The second kappa shape index (κ2) is 9.06. The van der Waals surface area contributed by atoms with E-state index < -0.39 is 0 Å². The number of piperidine rings is 1. The fraction of sp³-hybridized carbons (Fsp3) is 0.423. The Hall–Kier alpha value is -3.06. The molecule has 5 rings (SSSR count). The third kappa shape index (κ3) is 4.55. The largest absolute Gasteiger partial charge is 0.342 e. The van der Waals surface area contributed by atoms with Gasteiger partial charge < -0.3 is 9.47 Å². The molecular weight excluding hydrogens is 417 g/mol. The molecular formula is C26H30FN5O. The van der Waals surface area contributed by atoms with Gasteiger partial charge in [0.2, 0.25) is 5.91 Å². The lowest BCUT2D eigenvalue weighted by Crippen LogP contribution is -2.46. The van der Waals surface area contributed by atoms with E-state index >= 15 is 0 Å². The summed E-state index contributed by atoms with van der Waals surface area (Å²) in [5.74, 6) is 1.17. The van der Waals surface area contributed by atoms with Gasteiger partial charge in [-0.2, -0.15) is 0 Å². The molecule has 7 heteroatoms. The molecule has 3 heterocycles. The van der Waals surface area contributed by atoms with E-state index in [4.69, 9.17) is 0 Å². The van der Waals surface area contributed by atoms with Crippen LogP contribution in [0.1, 0.15) is 35.7 Å². The molecule has 0 radical (unpaired) electrons. The Morgan fingerprint density at radius 1 is 1.06 bits per heavy atom. The van der Waals surface area contributed by atoms with Gasteiger partial charge in [0.1, 0.15) is 18.0 Å². The lowest BCUT2D eigenvalue weighted by Gasteiger charge is -2.42. The van der Waals surface area contributed by atoms with Crippen LogP contribution in [0.15, 0.2) is 60.9 Å². The normalized spacial score (nSPS) is 20.4. The van der Waals surface area contributed by atoms with E-state index in [9.17, 15) is 9.18 Å². The van der Waals surface area contributed by atoms with Crippen molar-refractivity contribution in [3.05, 3.63) is 83.7 Å². The van der Waals surface area contributed by atoms with Crippen molar-refractivity contribution >= 4 is 5.91 Å². The molecule has 0 aliphatic carbocycles. The number of hydrogen-bond acceptors (Lipinski definition) is 4. The van der Waals surface area contributed by atoms with Crippen molar-refractivity contribution < 1.29 is 9.18 Å². The molecule has 2 aliphatic rings. The average molecular weight is 448 g/mol. The quantitative estimate of drug-likeness (QED) is 0.602. The highest BCUT2D eigenvalue weighted by molar-refractivity contribution is 5.78. The van der Waals surface area contributed by atoms with E-state index in [1.165, 1.54) is 17.7 Å². The van der Waals surface area contributed by atoms with E-state index in [2.05, 4.69) is 45.4 Å². The van der Waals surface area contributed by atoms with Gasteiger partial charge in [-0.3, -0.25) is 9.69 Å². The summed E-state index contributed by atoms with van der Waals surface area (Å²) in [6.07, 6.45) is 4.00. The predicted molar refractivity (Wildman–Crippen MR) is 124 cm³/mol. The van der Waals surface area contributed by atoms with Gasteiger partial charge in [-0.25, -0.2) is 4.39 Å². The number of aromatic nitrogens is 3. The minimum Gasteiger partial charge on any atom is -0.342 e. The van der Waals surface area contributed by atoms with E-state index in [1.807, 2.05) is 16.5 Å². The van der Waals surface area contributed by atoms with Gasteiger partial charge in [-0.05, 0) is 41.5 Å².